The van der Waals surface area contributed by atoms with E-state index >= 15 is 0 Å². The first-order chi connectivity index (χ1) is 10.1. The minimum absolute atomic E-state index is 0.265. The molecule has 0 bridgehead atoms. The summed E-state index contributed by atoms with van der Waals surface area (Å²) in [5, 5.41) is 8.19. The summed E-state index contributed by atoms with van der Waals surface area (Å²) in [4.78, 5) is 0. The van der Waals surface area contributed by atoms with E-state index in [0.717, 1.165) is 18.7 Å². The Morgan fingerprint density at radius 2 is 1.81 bits per heavy atom. The highest BCUT2D eigenvalue weighted by molar-refractivity contribution is 7.08. The topological polar surface area (TPSA) is 21.3 Å². The lowest BCUT2D eigenvalue weighted by molar-refractivity contribution is 0.411. The Morgan fingerprint density at radius 1 is 1.05 bits per heavy atom. The van der Waals surface area contributed by atoms with Crippen LogP contribution in [0.15, 0.2) is 22.9 Å². The van der Waals surface area contributed by atoms with Crippen LogP contribution < -0.4 is 10.1 Å². The van der Waals surface area contributed by atoms with Gasteiger partial charge < -0.3 is 10.1 Å². The molecule has 2 aromatic rings. The second-order valence-corrected chi connectivity index (χ2v) is 6.32. The van der Waals surface area contributed by atoms with Gasteiger partial charge in [-0.2, -0.15) is 11.3 Å². The summed E-state index contributed by atoms with van der Waals surface area (Å²) in [6, 6.07) is 4.67. The predicted molar refractivity (Wildman–Crippen MR) is 91.7 cm³/mol. The van der Waals surface area contributed by atoms with E-state index in [2.05, 4.69) is 55.9 Å². The van der Waals surface area contributed by atoms with Crippen molar-refractivity contribution in [2.75, 3.05) is 13.7 Å². The third-order valence-corrected chi connectivity index (χ3v) is 4.78. The highest BCUT2D eigenvalue weighted by atomic mass is 32.1. The van der Waals surface area contributed by atoms with Crippen LogP contribution in [0.25, 0.3) is 0 Å². The van der Waals surface area contributed by atoms with Crippen LogP contribution in [-0.2, 0) is 0 Å². The third-order valence-electron chi connectivity index (χ3n) is 3.90. The third kappa shape index (κ3) is 3.47. The molecule has 1 heterocycles. The van der Waals surface area contributed by atoms with Gasteiger partial charge in [0.25, 0.3) is 0 Å². The van der Waals surface area contributed by atoms with Gasteiger partial charge in [-0.05, 0) is 78.4 Å². The Balaban J connectivity index is 2.46. The normalized spacial score (nSPS) is 12.4. The van der Waals surface area contributed by atoms with Gasteiger partial charge in [0.15, 0.2) is 0 Å². The summed E-state index contributed by atoms with van der Waals surface area (Å²) in [6.07, 6.45) is 1.13. The van der Waals surface area contributed by atoms with E-state index in [1.54, 1.807) is 18.4 Å². The maximum Gasteiger partial charge on any atom is 0.122 e. The molecule has 1 N–H and O–H groups in total. The molecule has 3 heteroatoms. The molecule has 0 saturated heterocycles. The number of nitrogens with one attached hydrogen (secondary N) is 1. The maximum atomic E-state index is 5.44. The number of aryl methyl sites for hydroxylation is 3. The SMILES string of the molecule is CCCNC(c1cscc1C)c1cc(C)c(OC)cc1C. The van der Waals surface area contributed by atoms with E-state index in [1.165, 1.54) is 27.8 Å². The molecule has 0 saturated carbocycles. The van der Waals surface area contributed by atoms with Gasteiger partial charge in [-0.25, -0.2) is 0 Å². The van der Waals surface area contributed by atoms with E-state index in [9.17, 15) is 0 Å². The van der Waals surface area contributed by atoms with Crippen LogP contribution in [0.5, 0.6) is 5.75 Å². The molecule has 0 amide bonds. The first-order valence-corrected chi connectivity index (χ1v) is 8.44. The standard InChI is InChI=1S/C18H25NOS/c1-6-7-19-18(16-11-21-10-14(16)4)15-8-13(3)17(20-5)9-12(15)2/h8-11,18-19H,6-7H2,1-5H3. The Morgan fingerprint density at radius 3 is 2.38 bits per heavy atom. The van der Waals surface area contributed by atoms with Crippen LogP contribution in [0.2, 0.25) is 0 Å². The van der Waals surface area contributed by atoms with Gasteiger partial charge in [0.05, 0.1) is 13.2 Å². The van der Waals surface area contributed by atoms with Crippen LogP contribution in [-0.4, -0.2) is 13.7 Å². The molecule has 0 aliphatic heterocycles. The molecular weight excluding hydrogens is 278 g/mol. The highest BCUT2D eigenvalue weighted by Gasteiger charge is 2.19. The molecular formula is C18H25NOS. The Labute approximate surface area is 132 Å². The summed E-state index contributed by atoms with van der Waals surface area (Å²) in [7, 11) is 1.73. The zero-order valence-electron chi connectivity index (χ0n) is 13.6. The van der Waals surface area contributed by atoms with Gasteiger partial charge >= 0.3 is 0 Å². The molecule has 1 unspecified atom stereocenters. The van der Waals surface area contributed by atoms with Gasteiger partial charge in [-0.1, -0.05) is 13.0 Å². The monoisotopic (exact) mass is 303 g/mol. The molecule has 0 aliphatic carbocycles. The van der Waals surface area contributed by atoms with Crippen molar-refractivity contribution in [3.8, 4) is 5.75 Å². The van der Waals surface area contributed by atoms with Crippen molar-refractivity contribution in [1.29, 1.82) is 0 Å². The van der Waals surface area contributed by atoms with Crippen molar-refractivity contribution in [3.63, 3.8) is 0 Å². The number of thiophene rings is 1. The average Bonchev–Trinajstić information content (AvgIpc) is 2.88. The zero-order chi connectivity index (χ0) is 15.4. The van der Waals surface area contributed by atoms with E-state index in [-0.39, 0.29) is 6.04 Å². The van der Waals surface area contributed by atoms with Gasteiger partial charge in [0.1, 0.15) is 5.75 Å². The lowest BCUT2D eigenvalue weighted by Crippen LogP contribution is -2.24. The number of methoxy groups -OCH3 is 1. The molecule has 21 heavy (non-hydrogen) atoms. The fourth-order valence-corrected chi connectivity index (χ4v) is 3.56. The van der Waals surface area contributed by atoms with E-state index in [4.69, 9.17) is 4.74 Å². The van der Waals surface area contributed by atoms with Gasteiger partial charge in [0, 0.05) is 0 Å². The number of hydrogen-bond donors (Lipinski definition) is 1. The summed E-state index contributed by atoms with van der Waals surface area (Å²) in [5.41, 5.74) is 6.57. The van der Waals surface area contributed by atoms with Crippen LogP contribution in [0, 0.1) is 20.8 Å². The first-order valence-electron chi connectivity index (χ1n) is 7.49. The molecule has 0 fully saturated rings. The van der Waals surface area contributed by atoms with Crippen LogP contribution in [0.1, 0.15) is 47.2 Å². The molecule has 2 nitrogen and oxygen atoms in total. The maximum absolute atomic E-state index is 5.44. The second kappa shape index (κ2) is 7.10. The van der Waals surface area contributed by atoms with E-state index < -0.39 is 0 Å². The van der Waals surface area contributed by atoms with Crippen molar-refractivity contribution in [2.24, 2.45) is 0 Å². The lowest BCUT2D eigenvalue weighted by Gasteiger charge is -2.23. The lowest BCUT2D eigenvalue weighted by atomic mass is 9.93. The predicted octanol–water partition coefficient (Wildman–Crippen LogP) is 4.77. The highest BCUT2D eigenvalue weighted by Crippen LogP contribution is 2.33. The van der Waals surface area contributed by atoms with Gasteiger partial charge in [-0.15, -0.1) is 0 Å². The number of benzene rings is 1. The molecule has 1 aromatic heterocycles. The molecule has 0 spiro atoms. The molecule has 0 aliphatic rings. The van der Waals surface area contributed by atoms with Crippen LogP contribution >= 0.6 is 11.3 Å². The smallest absolute Gasteiger partial charge is 0.122 e. The van der Waals surface area contributed by atoms with E-state index in [0.29, 0.717) is 0 Å². The average molecular weight is 303 g/mol. The Hall–Kier alpha value is -1.32. The second-order valence-electron chi connectivity index (χ2n) is 5.58. The minimum Gasteiger partial charge on any atom is -0.496 e. The first kappa shape index (κ1) is 16.1. The molecule has 0 radical (unpaired) electrons. The van der Waals surface area contributed by atoms with Crippen molar-refractivity contribution in [3.05, 3.63) is 50.7 Å². The number of hydrogen-bond acceptors (Lipinski definition) is 3. The summed E-state index contributed by atoms with van der Waals surface area (Å²) >= 11 is 1.78. The van der Waals surface area contributed by atoms with Crippen molar-refractivity contribution >= 4 is 11.3 Å². The molecule has 1 atom stereocenters. The minimum atomic E-state index is 0.265. The summed E-state index contributed by atoms with van der Waals surface area (Å²) < 4.78 is 5.44. The van der Waals surface area contributed by atoms with Crippen LogP contribution in [0.3, 0.4) is 0 Å². The summed E-state index contributed by atoms with van der Waals surface area (Å²) in [5.74, 6) is 0.965. The molecule has 2 rings (SSSR count). The van der Waals surface area contributed by atoms with Gasteiger partial charge in [-0.3, -0.25) is 0 Å². The van der Waals surface area contributed by atoms with Crippen molar-refractivity contribution < 1.29 is 4.74 Å². The van der Waals surface area contributed by atoms with Gasteiger partial charge in [0.2, 0.25) is 0 Å². The van der Waals surface area contributed by atoms with Crippen molar-refractivity contribution in [1.82, 2.24) is 5.32 Å². The summed E-state index contributed by atoms with van der Waals surface area (Å²) in [6.45, 7) is 9.69. The number of rotatable bonds is 6. The largest absolute Gasteiger partial charge is 0.496 e. The zero-order valence-corrected chi connectivity index (χ0v) is 14.4. The van der Waals surface area contributed by atoms with Crippen LogP contribution in [0.4, 0.5) is 0 Å². The van der Waals surface area contributed by atoms with E-state index in [1.807, 2.05) is 0 Å². The Bertz CT molecular complexity index is 603. The molecule has 114 valence electrons. The fraction of sp³-hybridized carbons (Fsp3) is 0.444. The Kier molecular flexibility index (Phi) is 5.43. The fourth-order valence-electron chi connectivity index (χ4n) is 2.69. The molecule has 1 aromatic carbocycles. The quantitative estimate of drug-likeness (QED) is 0.830. The van der Waals surface area contributed by atoms with Crippen molar-refractivity contribution in [2.45, 2.75) is 40.2 Å². The number of ether oxygens (including phenoxy) is 1.